The summed E-state index contributed by atoms with van der Waals surface area (Å²) in [5.41, 5.74) is 5.67. The van der Waals surface area contributed by atoms with Gasteiger partial charge in [0, 0.05) is 4.90 Å². The summed E-state index contributed by atoms with van der Waals surface area (Å²) < 4.78 is 0. The molecule has 3 rings (SSSR count). The van der Waals surface area contributed by atoms with Gasteiger partial charge in [-0.15, -0.1) is 0 Å². The van der Waals surface area contributed by atoms with E-state index in [0.717, 1.165) is 15.3 Å². The summed E-state index contributed by atoms with van der Waals surface area (Å²) in [6, 6.07) is 6.33. The third kappa shape index (κ3) is 2.33. The number of hydrogen-bond acceptors (Lipinski definition) is 6. The summed E-state index contributed by atoms with van der Waals surface area (Å²) in [4.78, 5) is 9.73. The average molecular weight is 286 g/mol. The zero-order valence-electron chi connectivity index (χ0n) is 11.1. The molecule has 0 bridgehead atoms. The molecule has 1 aromatic carbocycles. The molecule has 20 heavy (non-hydrogen) atoms. The Morgan fingerprint density at radius 2 is 2.05 bits per heavy atom. The number of benzene rings is 1. The molecule has 6 nitrogen and oxygen atoms in total. The molecule has 0 unspecified atom stereocenters. The lowest BCUT2D eigenvalue weighted by molar-refractivity contribution is 1.05. The van der Waals surface area contributed by atoms with Crippen LogP contribution in [0, 0.1) is 13.8 Å². The van der Waals surface area contributed by atoms with Crippen LogP contribution in [-0.4, -0.2) is 20.2 Å². The quantitative estimate of drug-likeness (QED) is 0.389. The number of aromatic amines is 1. The second-order valence-corrected chi connectivity index (χ2v) is 5.54. The summed E-state index contributed by atoms with van der Waals surface area (Å²) in [5, 5.41) is 8.53. The highest BCUT2D eigenvalue weighted by Crippen LogP contribution is 2.32. The number of hydrazine groups is 1. The molecule has 0 aliphatic rings. The minimum absolute atomic E-state index is 0.369. The summed E-state index contributed by atoms with van der Waals surface area (Å²) in [5.74, 6) is 5.77. The van der Waals surface area contributed by atoms with E-state index in [4.69, 9.17) is 5.84 Å². The Bertz CT molecular complexity index is 767. The van der Waals surface area contributed by atoms with Crippen LogP contribution >= 0.6 is 11.8 Å². The molecule has 0 aliphatic heterocycles. The number of nitrogens with two attached hydrogens (primary N) is 1. The van der Waals surface area contributed by atoms with Gasteiger partial charge in [-0.2, -0.15) is 10.1 Å². The fourth-order valence-corrected chi connectivity index (χ4v) is 2.83. The van der Waals surface area contributed by atoms with Crippen molar-refractivity contribution in [1.82, 2.24) is 20.2 Å². The third-order valence-corrected chi connectivity index (χ3v) is 4.09. The smallest absolute Gasteiger partial charge is 0.240 e. The minimum Gasteiger partial charge on any atom is -0.292 e. The zero-order valence-corrected chi connectivity index (χ0v) is 12.0. The van der Waals surface area contributed by atoms with Crippen LogP contribution in [0.4, 0.5) is 5.95 Å². The van der Waals surface area contributed by atoms with E-state index < -0.39 is 0 Å². The molecule has 102 valence electrons. The highest BCUT2D eigenvalue weighted by molar-refractivity contribution is 7.99. The molecule has 7 heteroatoms. The maximum atomic E-state index is 5.40. The van der Waals surface area contributed by atoms with E-state index in [-0.39, 0.29) is 0 Å². The largest absolute Gasteiger partial charge is 0.292 e. The number of nitrogen functional groups attached to an aromatic ring is 1. The minimum atomic E-state index is 0.369. The molecule has 0 fully saturated rings. The monoisotopic (exact) mass is 286 g/mol. The van der Waals surface area contributed by atoms with E-state index in [1.54, 1.807) is 18.0 Å². The van der Waals surface area contributed by atoms with Crippen LogP contribution in [0.15, 0.2) is 34.3 Å². The molecular formula is C13H14N6S. The van der Waals surface area contributed by atoms with Gasteiger partial charge in [-0.25, -0.2) is 10.8 Å². The highest BCUT2D eigenvalue weighted by atomic mass is 32.2. The molecule has 4 N–H and O–H groups in total. The number of aryl methyl sites for hydroxylation is 2. The normalized spacial score (nSPS) is 10.9. The van der Waals surface area contributed by atoms with Crippen molar-refractivity contribution in [2.45, 2.75) is 23.8 Å². The van der Waals surface area contributed by atoms with Gasteiger partial charge in [0.1, 0.15) is 5.03 Å². The summed E-state index contributed by atoms with van der Waals surface area (Å²) >= 11 is 1.57. The lowest BCUT2D eigenvalue weighted by Crippen LogP contribution is -2.10. The van der Waals surface area contributed by atoms with E-state index in [2.05, 4.69) is 57.6 Å². The van der Waals surface area contributed by atoms with Crippen LogP contribution in [0.2, 0.25) is 0 Å². The molecular weight excluding hydrogens is 272 g/mol. The molecule has 0 atom stereocenters. The number of hydrogen-bond donors (Lipinski definition) is 3. The Hall–Kier alpha value is -2.12. The first-order chi connectivity index (χ1) is 9.67. The Labute approximate surface area is 120 Å². The van der Waals surface area contributed by atoms with Gasteiger partial charge in [-0.1, -0.05) is 17.8 Å². The summed E-state index contributed by atoms with van der Waals surface area (Å²) in [6.07, 6.45) is 1.72. The molecule has 3 aromatic rings. The zero-order chi connectivity index (χ0) is 14.1. The first-order valence-electron chi connectivity index (χ1n) is 6.10. The number of rotatable bonds is 3. The van der Waals surface area contributed by atoms with Crippen molar-refractivity contribution in [1.29, 1.82) is 0 Å². The van der Waals surface area contributed by atoms with Crippen molar-refractivity contribution in [3.8, 4) is 0 Å². The molecule has 0 saturated heterocycles. The van der Waals surface area contributed by atoms with Gasteiger partial charge in [-0.3, -0.25) is 10.5 Å². The van der Waals surface area contributed by atoms with Crippen molar-refractivity contribution in [2.24, 2.45) is 5.84 Å². The fourth-order valence-electron chi connectivity index (χ4n) is 1.84. The van der Waals surface area contributed by atoms with Crippen LogP contribution in [-0.2, 0) is 0 Å². The van der Waals surface area contributed by atoms with Crippen LogP contribution < -0.4 is 11.3 Å². The second kappa shape index (κ2) is 5.10. The third-order valence-electron chi connectivity index (χ3n) is 3.10. The van der Waals surface area contributed by atoms with E-state index >= 15 is 0 Å². The van der Waals surface area contributed by atoms with Gasteiger partial charge in [-0.05, 0) is 37.1 Å². The van der Waals surface area contributed by atoms with Crippen LogP contribution in [0.3, 0.4) is 0 Å². The molecule has 0 saturated carbocycles. The van der Waals surface area contributed by atoms with Gasteiger partial charge in [0.05, 0.1) is 11.6 Å². The maximum absolute atomic E-state index is 5.40. The number of fused-ring (bicyclic) bond motifs is 1. The van der Waals surface area contributed by atoms with E-state index in [1.807, 2.05) is 0 Å². The number of anilines is 1. The predicted molar refractivity (Wildman–Crippen MR) is 79.5 cm³/mol. The van der Waals surface area contributed by atoms with Gasteiger partial charge >= 0.3 is 0 Å². The number of H-pyrrole nitrogens is 1. The van der Waals surface area contributed by atoms with Gasteiger partial charge in [0.25, 0.3) is 0 Å². The Morgan fingerprint density at radius 3 is 2.80 bits per heavy atom. The summed E-state index contributed by atoms with van der Waals surface area (Å²) in [6.45, 7) is 4.19. The standard InChI is InChI=1S/C13H14N6S/c1-7-3-4-9(5-8(7)2)20-12-10-6-15-19-11(10)16-13(17-12)18-14/h3-6H,14H2,1-2H3,(H2,15,16,17,18,19). The number of nitrogens with one attached hydrogen (secondary N) is 2. The van der Waals surface area contributed by atoms with E-state index in [0.29, 0.717) is 11.6 Å². The Morgan fingerprint density at radius 1 is 1.20 bits per heavy atom. The average Bonchev–Trinajstić information content (AvgIpc) is 2.91. The van der Waals surface area contributed by atoms with E-state index in [1.165, 1.54) is 11.1 Å². The number of nitrogens with zero attached hydrogens (tertiary/aromatic N) is 3. The fraction of sp³-hybridized carbons (Fsp3) is 0.154. The van der Waals surface area contributed by atoms with Crippen molar-refractivity contribution in [2.75, 3.05) is 5.43 Å². The maximum Gasteiger partial charge on any atom is 0.240 e. The molecule has 2 aromatic heterocycles. The predicted octanol–water partition coefficient (Wildman–Crippen LogP) is 2.41. The molecule has 0 amide bonds. The Balaban J connectivity index is 2.04. The lowest BCUT2D eigenvalue weighted by Gasteiger charge is -2.06. The van der Waals surface area contributed by atoms with Gasteiger partial charge < -0.3 is 0 Å². The first-order valence-corrected chi connectivity index (χ1v) is 6.92. The lowest BCUT2D eigenvalue weighted by atomic mass is 10.1. The van der Waals surface area contributed by atoms with Crippen molar-refractivity contribution in [3.63, 3.8) is 0 Å². The molecule has 0 radical (unpaired) electrons. The first kappa shape index (κ1) is 12.9. The van der Waals surface area contributed by atoms with Crippen LogP contribution in [0.1, 0.15) is 11.1 Å². The van der Waals surface area contributed by atoms with Crippen LogP contribution in [0.5, 0.6) is 0 Å². The van der Waals surface area contributed by atoms with Crippen molar-refractivity contribution < 1.29 is 0 Å². The van der Waals surface area contributed by atoms with Gasteiger partial charge in [0.15, 0.2) is 5.65 Å². The Kier molecular flexibility index (Phi) is 3.29. The molecule has 2 heterocycles. The summed E-state index contributed by atoms with van der Waals surface area (Å²) in [7, 11) is 0. The van der Waals surface area contributed by atoms with E-state index in [9.17, 15) is 0 Å². The topological polar surface area (TPSA) is 92.5 Å². The van der Waals surface area contributed by atoms with Crippen LogP contribution in [0.25, 0.3) is 11.0 Å². The highest BCUT2D eigenvalue weighted by Gasteiger charge is 2.10. The second-order valence-electron chi connectivity index (χ2n) is 4.48. The van der Waals surface area contributed by atoms with Crippen molar-refractivity contribution >= 4 is 28.7 Å². The molecule has 0 aliphatic carbocycles. The van der Waals surface area contributed by atoms with Gasteiger partial charge in [0.2, 0.25) is 5.95 Å². The SMILES string of the molecule is Cc1ccc(Sc2nc(NN)nc3[nH]ncc23)cc1C. The number of aromatic nitrogens is 4. The van der Waals surface area contributed by atoms with Crippen molar-refractivity contribution in [3.05, 3.63) is 35.5 Å². The molecule has 0 spiro atoms.